The molecule has 1 saturated heterocycles. The highest BCUT2D eigenvalue weighted by atomic mass is 35.5. The summed E-state index contributed by atoms with van der Waals surface area (Å²) in [5.41, 5.74) is -0.0723. The molecule has 0 radical (unpaired) electrons. The monoisotopic (exact) mass is 313 g/mol. The summed E-state index contributed by atoms with van der Waals surface area (Å²) in [5.74, 6) is -1.21. The third-order valence-corrected chi connectivity index (χ3v) is 3.81. The number of carboxylic acid groups (broad SMARTS) is 1. The van der Waals surface area contributed by atoms with Crippen molar-refractivity contribution >= 4 is 28.9 Å². The van der Waals surface area contributed by atoms with Gasteiger partial charge in [0.05, 0.1) is 21.2 Å². The zero-order valence-electron chi connectivity index (χ0n) is 11.6. The second-order valence-electron chi connectivity index (χ2n) is 5.03. The van der Waals surface area contributed by atoms with E-state index in [4.69, 9.17) is 11.6 Å². The number of non-ortho nitro benzene ring substituents is 1. The molecule has 0 bridgehead atoms. The fraction of sp³-hybridized carbons (Fsp3) is 0.462. The lowest BCUT2D eigenvalue weighted by atomic mass is 10.1. The van der Waals surface area contributed by atoms with E-state index in [-0.39, 0.29) is 16.3 Å². The third kappa shape index (κ3) is 3.43. The fourth-order valence-corrected chi connectivity index (χ4v) is 2.78. The van der Waals surface area contributed by atoms with Crippen molar-refractivity contribution in [3.63, 3.8) is 0 Å². The maximum Gasteiger partial charge on any atom is 0.338 e. The maximum absolute atomic E-state index is 11.4. The van der Waals surface area contributed by atoms with E-state index in [0.29, 0.717) is 18.8 Å². The van der Waals surface area contributed by atoms with Gasteiger partial charge in [0.25, 0.3) is 5.69 Å². The van der Waals surface area contributed by atoms with Crippen molar-refractivity contribution in [1.29, 1.82) is 0 Å². The number of halogens is 1. The highest BCUT2D eigenvalue weighted by Crippen LogP contribution is 2.34. The standard InChI is InChI=1S/C13H16ClN3O4/c1-15-3-2-4-16(6-5-15)12-10(13(18)19)7-9(17(20)21)8-11(12)14/h7-8H,2-6H2,1H3,(H,18,19). The van der Waals surface area contributed by atoms with Gasteiger partial charge >= 0.3 is 5.97 Å². The first-order chi connectivity index (χ1) is 9.90. The second kappa shape index (κ2) is 6.28. The molecule has 1 N–H and O–H groups in total. The quantitative estimate of drug-likeness (QED) is 0.679. The predicted octanol–water partition coefficient (Wildman–Crippen LogP) is 2.09. The summed E-state index contributed by atoms with van der Waals surface area (Å²) in [6.07, 6.45) is 0.878. The Bertz CT molecular complexity index is 579. The molecule has 0 aliphatic carbocycles. The minimum Gasteiger partial charge on any atom is -0.478 e. The molecule has 7 nitrogen and oxygen atoms in total. The minimum atomic E-state index is -1.21. The van der Waals surface area contributed by atoms with Gasteiger partial charge in [0, 0.05) is 31.8 Å². The Labute approximate surface area is 126 Å². The normalized spacial score (nSPS) is 16.6. The van der Waals surface area contributed by atoms with Crippen molar-refractivity contribution in [3.8, 4) is 0 Å². The average molecular weight is 314 g/mol. The smallest absolute Gasteiger partial charge is 0.338 e. The zero-order chi connectivity index (χ0) is 15.6. The van der Waals surface area contributed by atoms with Crippen LogP contribution in [-0.2, 0) is 0 Å². The van der Waals surface area contributed by atoms with Gasteiger partial charge in [0.15, 0.2) is 0 Å². The molecule has 1 aromatic rings. The Morgan fingerprint density at radius 1 is 1.33 bits per heavy atom. The number of nitro benzene ring substituents is 1. The lowest BCUT2D eigenvalue weighted by Gasteiger charge is -2.25. The Hall–Kier alpha value is -1.86. The van der Waals surface area contributed by atoms with E-state index in [1.165, 1.54) is 6.07 Å². The maximum atomic E-state index is 11.4. The molecule has 2 rings (SSSR count). The van der Waals surface area contributed by atoms with Crippen molar-refractivity contribution in [2.45, 2.75) is 6.42 Å². The van der Waals surface area contributed by atoms with Crippen molar-refractivity contribution in [2.75, 3.05) is 38.1 Å². The highest BCUT2D eigenvalue weighted by Gasteiger charge is 2.25. The van der Waals surface area contributed by atoms with Crippen LogP contribution in [0.3, 0.4) is 0 Å². The van der Waals surface area contributed by atoms with Crippen molar-refractivity contribution in [3.05, 3.63) is 32.8 Å². The summed E-state index contributed by atoms with van der Waals surface area (Å²) in [7, 11) is 2.00. The zero-order valence-corrected chi connectivity index (χ0v) is 12.3. The van der Waals surface area contributed by atoms with Crippen molar-refractivity contribution in [1.82, 2.24) is 4.90 Å². The Morgan fingerprint density at radius 2 is 2.05 bits per heavy atom. The number of likely N-dealkylation sites (N-methyl/N-ethyl adjacent to an activating group) is 1. The summed E-state index contributed by atoms with van der Waals surface area (Å²) < 4.78 is 0. The van der Waals surface area contributed by atoms with Gasteiger partial charge in [-0.2, -0.15) is 0 Å². The molecule has 114 valence electrons. The lowest BCUT2D eigenvalue weighted by molar-refractivity contribution is -0.384. The number of benzene rings is 1. The largest absolute Gasteiger partial charge is 0.478 e. The molecular formula is C13H16ClN3O4. The minimum absolute atomic E-state index is 0.103. The summed E-state index contributed by atoms with van der Waals surface area (Å²) in [5, 5.41) is 20.3. The summed E-state index contributed by atoms with van der Waals surface area (Å²) in [6, 6.07) is 2.27. The van der Waals surface area contributed by atoms with Crippen LogP contribution in [0.25, 0.3) is 0 Å². The molecule has 8 heteroatoms. The predicted molar refractivity (Wildman–Crippen MR) is 79.4 cm³/mol. The van der Waals surface area contributed by atoms with E-state index < -0.39 is 10.9 Å². The number of anilines is 1. The van der Waals surface area contributed by atoms with Crippen LogP contribution < -0.4 is 4.90 Å². The van der Waals surface area contributed by atoms with E-state index in [1.54, 1.807) is 0 Å². The number of hydrogen-bond acceptors (Lipinski definition) is 5. The fourth-order valence-electron chi connectivity index (χ4n) is 2.44. The molecule has 0 spiro atoms. The van der Waals surface area contributed by atoms with E-state index in [0.717, 1.165) is 25.6 Å². The molecule has 0 saturated carbocycles. The van der Waals surface area contributed by atoms with Gasteiger partial charge in [-0.05, 0) is 20.0 Å². The van der Waals surface area contributed by atoms with Crippen LogP contribution in [0.4, 0.5) is 11.4 Å². The van der Waals surface area contributed by atoms with Crippen LogP contribution in [0.15, 0.2) is 12.1 Å². The molecular weight excluding hydrogens is 298 g/mol. The van der Waals surface area contributed by atoms with Gasteiger partial charge in [-0.25, -0.2) is 4.79 Å². The first-order valence-corrected chi connectivity index (χ1v) is 6.92. The van der Waals surface area contributed by atoms with Crippen LogP contribution >= 0.6 is 11.6 Å². The van der Waals surface area contributed by atoms with Crippen LogP contribution in [-0.4, -0.2) is 54.1 Å². The molecule has 0 amide bonds. The molecule has 1 fully saturated rings. The number of rotatable bonds is 3. The number of aromatic carboxylic acids is 1. The number of nitro groups is 1. The van der Waals surface area contributed by atoms with Gasteiger partial charge < -0.3 is 14.9 Å². The molecule has 1 aromatic carbocycles. The van der Waals surface area contributed by atoms with Crippen LogP contribution in [0.2, 0.25) is 5.02 Å². The van der Waals surface area contributed by atoms with Crippen molar-refractivity contribution in [2.24, 2.45) is 0 Å². The number of carbonyl (C=O) groups is 1. The molecule has 21 heavy (non-hydrogen) atoms. The molecule has 0 atom stereocenters. The molecule has 0 unspecified atom stereocenters. The van der Waals surface area contributed by atoms with Crippen LogP contribution in [0.1, 0.15) is 16.8 Å². The highest BCUT2D eigenvalue weighted by molar-refractivity contribution is 6.34. The van der Waals surface area contributed by atoms with Gasteiger partial charge in [0.1, 0.15) is 0 Å². The van der Waals surface area contributed by atoms with Crippen molar-refractivity contribution < 1.29 is 14.8 Å². The summed E-state index contributed by atoms with van der Waals surface area (Å²) >= 11 is 6.12. The topological polar surface area (TPSA) is 86.9 Å². The van der Waals surface area contributed by atoms with E-state index in [2.05, 4.69) is 4.90 Å². The second-order valence-corrected chi connectivity index (χ2v) is 5.44. The third-order valence-electron chi connectivity index (χ3n) is 3.53. The SMILES string of the molecule is CN1CCCN(c2c(Cl)cc([N+](=O)[O-])cc2C(=O)O)CC1. The lowest BCUT2D eigenvalue weighted by Crippen LogP contribution is -2.30. The van der Waals surface area contributed by atoms with E-state index in [9.17, 15) is 20.0 Å². The molecule has 1 aliphatic heterocycles. The summed E-state index contributed by atoms with van der Waals surface area (Å²) in [6.45, 7) is 3.01. The average Bonchev–Trinajstić information content (AvgIpc) is 2.62. The van der Waals surface area contributed by atoms with E-state index >= 15 is 0 Å². The van der Waals surface area contributed by atoms with Gasteiger partial charge in [-0.15, -0.1) is 0 Å². The van der Waals surface area contributed by atoms with Crippen LogP contribution in [0, 0.1) is 10.1 Å². The number of carboxylic acids is 1. The summed E-state index contributed by atoms with van der Waals surface area (Å²) in [4.78, 5) is 25.7. The Balaban J connectivity index is 2.46. The Kier molecular flexibility index (Phi) is 4.64. The van der Waals surface area contributed by atoms with E-state index in [1.807, 2.05) is 11.9 Å². The molecule has 1 aliphatic rings. The van der Waals surface area contributed by atoms with Crippen LogP contribution in [0.5, 0.6) is 0 Å². The van der Waals surface area contributed by atoms with Gasteiger partial charge in [0.2, 0.25) is 0 Å². The van der Waals surface area contributed by atoms with Gasteiger partial charge in [-0.3, -0.25) is 10.1 Å². The first kappa shape index (κ1) is 15.5. The first-order valence-electron chi connectivity index (χ1n) is 6.55. The number of hydrogen-bond donors (Lipinski definition) is 1. The molecule has 0 aromatic heterocycles. The Morgan fingerprint density at radius 3 is 2.67 bits per heavy atom. The number of nitrogens with zero attached hydrogens (tertiary/aromatic N) is 3. The molecule has 1 heterocycles. The van der Waals surface area contributed by atoms with Gasteiger partial charge in [-0.1, -0.05) is 11.6 Å².